The molecule has 336 valence electrons. The lowest BCUT2D eigenvalue weighted by Crippen LogP contribution is -2.39. The SMILES string of the molecule is CCCCN(CCCC)C(=O)c1nn(-c2ccc(C(=O)NS(=O)(=O)c3ccc4c(c3)CC(C(=O)OC)N4Cc3ccc(Cl)c(Cl)c3)cc2C(=O)N2CCc3ccccc3C2)c(C)c1Cl. The van der Waals surface area contributed by atoms with E-state index in [9.17, 15) is 27.6 Å². The highest BCUT2D eigenvalue weighted by Crippen LogP contribution is 2.37. The van der Waals surface area contributed by atoms with E-state index >= 15 is 0 Å². The Hall–Kier alpha value is -5.41. The van der Waals surface area contributed by atoms with Crippen molar-refractivity contribution in [3.8, 4) is 5.69 Å². The first-order chi connectivity index (χ1) is 30.6. The maximum absolute atomic E-state index is 14.6. The number of aromatic nitrogens is 2. The zero-order valence-electron chi connectivity index (χ0n) is 36.0. The van der Waals surface area contributed by atoms with Crippen LogP contribution in [0, 0.1) is 6.92 Å². The summed E-state index contributed by atoms with van der Waals surface area (Å²) in [6.07, 6.45) is 4.18. The molecule has 1 unspecified atom stereocenters. The minimum Gasteiger partial charge on any atom is -0.467 e. The Labute approximate surface area is 388 Å². The van der Waals surface area contributed by atoms with Crippen LogP contribution in [0.25, 0.3) is 5.69 Å². The number of nitrogens with zero attached hydrogens (tertiary/aromatic N) is 5. The molecule has 1 N–H and O–H groups in total. The first kappa shape index (κ1) is 46.6. The molecule has 3 heterocycles. The van der Waals surface area contributed by atoms with Crippen molar-refractivity contribution in [2.24, 2.45) is 0 Å². The van der Waals surface area contributed by atoms with E-state index in [-0.39, 0.29) is 51.3 Å². The number of hydrogen-bond donors (Lipinski definition) is 1. The number of rotatable bonds is 15. The van der Waals surface area contributed by atoms with Crippen LogP contribution in [0.5, 0.6) is 0 Å². The van der Waals surface area contributed by atoms with Gasteiger partial charge in [-0.25, -0.2) is 22.6 Å². The molecule has 64 heavy (non-hydrogen) atoms. The van der Waals surface area contributed by atoms with Crippen molar-refractivity contribution < 1.29 is 32.3 Å². The number of fused-ring (bicyclic) bond motifs is 2. The van der Waals surface area contributed by atoms with Gasteiger partial charge in [-0.2, -0.15) is 5.10 Å². The summed E-state index contributed by atoms with van der Waals surface area (Å²) in [6, 6.07) is 20.9. The van der Waals surface area contributed by atoms with E-state index in [1.807, 2.05) is 24.3 Å². The number of anilines is 1. The van der Waals surface area contributed by atoms with Crippen molar-refractivity contribution in [3.63, 3.8) is 0 Å². The molecule has 4 aromatic carbocycles. The summed E-state index contributed by atoms with van der Waals surface area (Å²) in [4.78, 5) is 60.5. The number of unbranched alkanes of at least 4 members (excludes halogenated alkanes) is 2. The van der Waals surface area contributed by atoms with Crippen molar-refractivity contribution in [1.82, 2.24) is 24.3 Å². The van der Waals surface area contributed by atoms with Crippen molar-refractivity contribution >= 4 is 74.2 Å². The van der Waals surface area contributed by atoms with E-state index in [1.54, 1.807) is 45.9 Å². The average Bonchev–Trinajstić information content (AvgIpc) is 3.81. The predicted molar refractivity (Wildman–Crippen MR) is 247 cm³/mol. The Morgan fingerprint density at radius 2 is 1.56 bits per heavy atom. The van der Waals surface area contributed by atoms with Crippen LogP contribution in [0.3, 0.4) is 0 Å². The maximum atomic E-state index is 14.6. The molecule has 7 rings (SSSR count). The fourth-order valence-electron chi connectivity index (χ4n) is 8.17. The molecule has 0 bridgehead atoms. The van der Waals surface area contributed by atoms with Gasteiger partial charge in [0.25, 0.3) is 27.7 Å². The van der Waals surface area contributed by atoms with Gasteiger partial charge in [-0.3, -0.25) is 14.4 Å². The van der Waals surface area contributed by atoms with Crippen LogP contribution < -0.4 is 9.62 Å². The zero-order chi connectivity index (χ0) is 45.9. The van der Waals surface area contributed by atoms with Gasteiger partial charge in [0.05, 0.1) is 44.0 Å². The van der Waals surface area contributed by atoms with Gasteiger partial charge in [0.15, 0.2) is 5.69 Å². The lowest BCUT2D eigenvalue weighted by molar-refractivity contribution is -0.142. The summed E-state index contributed by atoms with van der Waals surface area (Å²) in [7, 11) is -3.20. The molecule has 13 nitrogen and oxygen atoms in total. The summed E-state index contributed by atoms with van der Waals surface area (Å²) >= 11 is 19.2. The highest BCUT2D eigenvalue weighted by atomic mass is 35.5. The number of sulfonamides is 1. The number of methoxy groups -OCH3 is 1. The zero-order valence-corrected chi connectivity index (χ0v) is 39.1. The molecule has 1 aromatic heterocycles. The first-order valence-electron chi connectivity index (χ1n) is 21.2. The highest BCUT2D eigenvalue weighted by Gasteiger charge is 2.37. The smallest absolute Gasteiger partial charge is 0.328 e. The largest absolute Gasteiger partial charge is 0.467 e. The molecule has 0 radical (unpaired) electrons. The van der Waals surface area contributed by atoms with E-state index in [0.29, 0.717) is 59.6 Å². The normalized spacial score (nSPS) is 14.5. The summed E-state index contributed by atoms with van der Waals surface area (Å²) < 4.78 is 36.6. The fraction of sp³-hybridized carbons (Fsp3) is 0.340. The van der Waals surface area contributed by atoms with Crippen LogP contribution in [0.2, 0.25) is 15.1 Å². The summed E-state index contributed by atoms with van der Waals surface area (Å²) in [5, 5.41) is 5.56. The second kappa shape index (κ2) is 19.8. The van der Waals surface area contributed by atoms with Gasteiger partial charge in [0.1, 0.15) is 6.04 Å². The van der Waals surface area contributed by atoms with Gasteiger partial charge in [0, 0.05) is 50.4 Å². The highest BCUT2D eigenvalue weighted by molar-refractivity contribution is 7.90. The number of hydrogen-bond acceptors (Lipinski definition) is 9. The molecule has 0 aliphatic carbocycles. The quantitative estimate of drug-likeness (QED) is 0.102. The van der Waals surface area contributed by atoms with Gasteiger partial charge in [-0.05, 0) is 97.0 Å². The van der Waals surface area contributed by atoms with Crippen LogP contribution in [0.1, 0.15) is 98.7 Å². The van der Waals surface area contributed by atoms with Gasteiger partial charge in [-0.1, -0.05) is 91.8 Å². The number of carbonyl (C=O) groups is 4. The van der Waals surface area contributed by atoms with Crippen molar-refractivity contribution in [1.29, 1.82) is 0 Å². The molecule has 0 saturated carbocycles. The third-order valence-corrected chi connectivity index (χ3v) is 14.2. The third-order valence-electron chi connectivity index (χ3n) is 11.7. The Morgan fingerprint density at radius 1 is 0.859 bits per heavy atom. The minimum atomic E-state index is -4.49. The third kappa shape index (κ3) is 9.65. The molecule has 1 atom stereocenters. The number of esters is 1. The monoisotopic (exact) mass is 946 g/mol. The van der Waals surface area contributed by atoms with Crippen LogP contribution in [0.15, 0.2) is 83.8 Å². The van der Waals surface area contributed by atoms with E-state index in [1.165, 1.54) is 42.1 Å². The molecule has 5 aromatic rings. The van der Waals surface area contributed by atoms with Crippen molar-refractivity contribution in [3.05, 3.63) is 139 Å². The lowest BCUT2D eigenvalue weighted by atomic mass is 9.98. The standard InChI is InChI=1S/C47H49Cl3N6O7S/c1-5-7-20-53(21-8-6-2)46(59)43-42(50)29(3)56(51-43)40-17-14-32(25-36(40)45(58)54-22-19-31-11-9-10-12-33(31)28-54)44(57)52-64(61,62)35-15-18-39-34(24-35)26-41(47(60)63-4)55(39)27-30-13-16-37(48)38(49)23-30/h9-18,23-25,41H,5-8,19-22,26-28H2,1-4H3,(H,52,57). The van der Waals surface area contributed by atoms with Crippen LogP contribution in [-0.4, -0.2) is 84.5 Å². The van der Waals surface area contributed by atoms with Gasteiger partial charge in [0.2, 0.25) is 0 Å². The first-order valence-corrected chi connectivity index (χ1v) is 23.8. The molecule has 3 amide bonds. The second-order valence-corrected chi connectivity index (χ2v) is 18.9. The minimum absolute atomic E-state index is 0.0503. The molecule has 17 heteroatoms. The Bertz CT molecular complexity index is 2730. The van der Waals surface area contributed by atoms with Crippen molar-refractivity contribution in [2.45, 2.75) is 83.3 Å². The number of amides is 3. The fourth-order valence-corrected chi connectivity index (χ4v) is 9.71. The predicted octanol–water partition coefficient (Wildman–Crippen LogP) is 8.60. The Kier molecular flexibility index (Phi) is 14.4. The topological polar surface area (TPSA) is 151 Å². The van der Waals surface area contributed by atoms with Crippen LogP contribution in [-0.2, 0) is 45.5 Å². The number of benzene rings is 4. The molecular weight excluding hydrogens is 899 g/mol. The molecular formula is C47H49Cl3N6O7S. The number of nitrogens with one attached hydrogen (secondary N) is 1. The molecule has 2 aliphatic heterocycles. The lowest BCUT2D eigenvalue weighted by Gasteiger charge is -2.29. The molecule has 0 saturated heterocycles. The van der Waals surface area contributed by atoms with Crippen LogP contribution >= 0.6 is 34.8 Å². The maximum Gasteiger partial charge on any atom is 0.328 e. The second-order valence-electron chi connectivity index (χ2n) is 16.0. The van der Waals surface area contributed by atoms with E-state index < -0.39 is 33.8 Å². The average molecular weight is 948 g/mol. The van der Waals surface area contributed by atoms with E-state index in [0.717, 1.165) is 42.4 Å². The molecule has 2 aliphatic rings. The number of halogens is 3. The Balaban J connectivity index is 1.21. The van der Waals surface area contributed by atoms with Gasteiger partial charge in [-0.15, -0.1) is 0 Å². The summed E-state index contributed by atoms with van der Waals surface area (Å²) in [5.74, 6) is -2.22. The number of carbonyl (C=O) groups excluding carboxylic acids is 4. The van der Waals surface area contributed by atoms with E-state index in [4.69, 9.17) is 39.5 Å². The van der Waals surface area contributed by atoms with Crippen LogP contribution in [0.4, 0.5) is 5.69 Å². The Morgan fingerprint density at radius 3 is 2.25 bits per heavy atom. The summed E-state index contributed by atoms with van der Waals surface area (Å²) in [6.45, 7) is 7.86. The van der Waals surface area contributed by atoms with Crippen molar-refractivity contribution in [2.75, 3.05) is 31.6 Å². The van der Waals surface area contributed by atoms with E-state index in [2.05, 4.69) is 23.7 Å². The molecule has 0 spiro atoms. The summed E-state index contributed by atoms with van der Waals surface area (Å²) in [5.41, 5.74) is 4.73. The van der Waals surface area contributed by atoms with Gasteiger partial charge >= 0.3 is 5.97 Å². The molecule has 0 fully saturated rings. The number of ether oxygens (including phenoxy) is 1. The van der Waals surface area contributed by atoms with Gasteiger partial charge < -0.3 is 19.4 Å².